The number of rotatable bonds is 7. The van der Waals surface area contributed by atoms with Gasteiger partial charge in [0.25, 0.3) is 0 Å². The lowest BCUT2D eigenvalue weighted by Gasteiger charge is -2.03. The molecule has 0 saturated heterocycles. The molecule has 0 bridgehead atoms. The fourth-order valence-electron chi connectivity index (χ4n) is 2.15. The van der Waals surface area contributed by atoms with Crippen molar-refractivity contribution in [2.75, 3.05) is 16.4 Å². The SMILES string of the molecule is Cc1cc(NC(=O)CSc2nnc(NCc3ccccc3)s2)n(C)n1. The van der Waals surface area contributed by atoms with Crippen LogP contribution in [-0.4, -0.2) is 31.6 Å². The first-order valence-electron chi connectivity index (χ1n) is 7.65. The smallest absolute Gasteiger partial charge is 0.235 e. The van der Waals surface area contributed by atoms with Crippen LogP contribution >= 0.6 is 23.1 Å². The highest BCUT2D eigenvalue weighted by molar-refractivity contribution is 8.01. The van der Waals surface area contributed by atoms with E-state index < -0.39 is 0 Å². The van der Waals surface area contributed by atoms with Crippen LogP contribution in [-0.2, 0) is 18.4 Å². The Bertz CT molecular complexity index is 845. The largest absolute Gasteiger partial charge is 0.356 e. The van der Waals surface area contributed by atoms with Crippen molar-refractivity contribution in [1.29, 1.82) is 0 Å². The van der Waals surface area contributed by atoms with Crippen molar-refractivity contribution >= 4 is 40.0 Å². The normalized spacial score (nSPS) is 10.6. The van der Waals surface area contributed by atoms with Crippen LogP contribution in [0, 0.1) is 6.92 Å². The number of aryl methyl sites for hydroxylation is 2. The molecule has 3 rings (SSSR count). The Kier molecular flexibility index (Phi) is 5.67. The lowest BCUT2D eigenvalue weighted by Crippen LogP contribution is -2.16. The van der Waals surface area contributed by atoms with Gasteiger partial charge in [0, 0.05) is 19.7 Å². The number of hydrogen-bond acceptors (Lipinski definition) is 7. The molecule has 0 unspecified atom stereocenters. The molecule has 1 aromatic carbocycles. The summed E-state index contributed by atoms with van der Waals surface area (Å²) in [5, 5.41) is 19.2. The maximum Gasteiger partial charge on any atom is 0.235 e. The Morgan fingerprint density at radius 1 is 1.28 bits per heavy atom. The van der Waals surface area contributed by atoms with E-state index in [2.05, 4.69) is 25.9 Å². The molecule has 3 aromatic rings. The van der Waals surface area contributed by atoms with Gasteiger partial charge in [-0.05, 0) is 12.5 Å². The number of thioether (sulfide) groups is 1. The Morgan fingerprint density at radius 2 is 2.08 bits per heavy atom. The molecule has 1 amide bonds. The fourth-order valence-corrected chi connectivity index (χ4v) is 3.69. The second kappa shape index (κ2) is 8.13. The summed E-state index contributed by atoms with van der Waals surface area (Å²) in [7, 11) is 1.80. The van der Waals surface area contributed by atoms with Gasteiger partial charge < -0.3 is 10.6 Å². The predicted octanol–water partition coefficient (Wildman–Crippen LogP) is 2.92. The van der Waals surface area contributed by atoms with Gasteiger partial charge in [-0.1, -0.05) is 53.4 Å². The Balaban J connectivity index is 1.46. The monoisotopic (exact) mass is 374 g/mol. The second-order valence-electron chi connectivity index (χ2n) is 5.34. The summed E-state index contributed by atoms with van der Waals surface area (Å²) >= 11 is 2.81. The van der Waals surface area contributed by atoms with Gasteiger partial charge in [-0.25, -0.2) is 0 Å². The Morgan fingerprint density at radius 3 is 2.80 bits per heavy atom. The first-order valence-corrected chi connectivity index (χ1v) is 9.45. The molecule has 9 heteroatoms. The molecular formula is C16H18N6OS2. The summed E-state index contributed by atoms with van der Waals surface area (Å²) < 4.78 is 2.40. The number of nitrogens with zero attached hydrogens (tertiary/aromatic N) is 4. The van der Waals surface area contributed by atoms with E-state index in [1.54, 1.807) is 11.7 Å². The number of amides is 1. The lowest BCUT2D eigenvalue weighted by atomic mass is 10.2. The van der Waals surface area contributed by atoms with Crippen LogP contribution in [0.25, 0.3) is 0 Å². The minimum Gasteiger partial charge on any atom is -0.356 e. The minimum absolute atomic E-state index is 0.0954. The summed E-state index contributed by atoms with van der Waals surface area (Å²) in [5.74, 6) is 0.866. The molecule has 0 spiro atoms. The van der Waals surface area contributed by atoms with Gasteiger partial charge in [0.15, 0.2) is 4.34 Å². The summed E-state index contributed by atoms with van der Waals surface area (Å²) in [4.78, 5) is 12.0. The van der Waals surface area contributed by atoms with Crippen LogP contribution in [0.2, 0.25) is 0 Å². The highest BCUT2D eigenvalue weighted by atomic mass is 32.2. The van der Waals surface area contributed by atoms with Crippen LogP contribution < -0.4 is 10.6 Å². The molecule has 130 valence electrons. The van der Waals surface area contributed by atoms with Gasteiger partial charge in [0.05, 0.1) is 11.4 Å². The highest BCUT2D eigenvalue weighted by Crippen LogP contribution is 2.25. The van der Waals surface area contributed by atoms with E-state index in [1.165, 1.54) is 28.7 Å². The molecule has 0 radical (unpaired) electrons. The molecule has 7 nitrogen and oxygen atoms in total. The summed E-state index contributed by atoms with van der Waals surface area (Å²) in [6.45, 7) is 2.58. The third-order valence-corrected chi connectivity index (χ3v) is 5.30. The van der Waals surface area contributed by atoms with Gasteiger partial charge in [0.2, 0.25) is 11.0 Å². The average Bonchev–Trinajstić information content (AvgIpc) is 3.18. The van der Waals surface area contributed by atoms with Crippen molar-refractivity contribution in [1.82, 2.24) is 20.0 Å². The van der Waals surface area contributed by atoms with E-state index in [0.717, 1.165) is 15.2 Å². The number of carbonyl (C=O) groups is 1. The van der Waals surface area contributed by atoms with Crippen molar-refractivity contribution in [3.63, 3.8) is 0 Å². The lowest BCUT2D eigenvalue weighted by molar-refractivity contribution is -0.113. The predicted molar refractivity (Wildman–Crippen MR) is 101 cm³/mol. The molecular weight excluding hydrogens is 356 g/mol. The standard InChI is InChI=1S/C16H18N6OS2/c1-11-8-13(22(2)21-11)18-14(23)10-24-16-20-19-15(25-16)17-9-12-6-4-3-5-7-12/h3-8H,9-10H2,1-2H3,(H,17,19)(H,18,23). The van der Waals surface area contributed by atoms with E-state index in [9.17, 15) is 4.79 Å². The van der Waals surface area contributed by atoms with E-state index in [-0.39, 0.29) is 11.7 Å². The Labute approximate surface area is 153 Å². The second-order valence-corrected chi connectivity index (χ2v) is 7.54. The van der Waals surface area contributed by atoms with Gasteiger partial charge in [-0.15, -0.1) is 10.2 Å². The maximum atomic E-state index is 12.0. The van der Waals surface area contributed by atoms with Crippen molar-refractivity contribution in [2.45, 2.75) is 17.8 Å². The Hall–Kier alpha value is -2.39. The van der Waals surface area contributed by atoms with E-state index >= 15 is 0 Å². The van der Waals surface area contributed by atoms with Crippen molar-refractivity contribution in [3.05, 3.63) is 47.7 Å². The maximum absolute atomic E-state index is 12.0. The first-order chi connectivity index (χ1) is 12.1. The van der Waals surface area contributed by atoms with Crippen LogP contribution in [0.4, 0.5) is 10.9 Å². The third kappa shape index (κ3) is 5.04. The zero-order valence-electron chi connectivity index (χ0n) is 13.9. The van der Waals surface area contributed by atoms with Gasteiger partial charge >= 0.3 is 0 Å². The molecule has 2 heterocycles. The van der Waals surface area contributed by atoms with Crippen LogP contribution in [0.1, 0.15) is 11.3 Å². The molecule has 2 aromatic heterocycles. The molecule has 0 aliphatic carbocycles. The molecule has 0 atom stereocenters. The zero-order valence-corrected chi connectivity index (χ0v) is 15.5. The quantitative estimate of drug-likeness (QED) is 0.619. The summed E-state index contributed by atoms with van der Waals surface area (Å²) in [6.07, 6.45) is 0. The van der Waals surface area contributed by atoms with Crippen molar-refractivity contribution < 1.29 is 4.79 Å². The third-order valence-electron chi connectivity index (χ3n) is 3.29. The number of hydrogen-bond donors (Lipinski definition) is 2. The van der Waals surface area contributed by atoms with Gasteiger partial charge in [-0.2, -0.15) is 5.10 Å². The van der Waals surface area contributed by atoms with Crippen LogP contribution in [0.5, 0.6) is 0 Å². The van der Waals surface area contributed by atoms with Crippen LogP contribution in [0.3, 0.4) is 0 Å². The molecule has 0 saturated carbocycles. The van der Waals surface area contributed by atoms with Crippen molar-refractivity contribution in [2.24, 2.45) is 7.05 Å². The molecule has 2 N–H and O–H groups in total. The van der Waals surface area contributed by atoms with E-state index in [0.29, 0.717) is 12.4 Å². The van der Waals surface area contributed by atoms with E-state index in [4.69, 9.17) is 0 Å². The number of anilines is 2. The molecule has 0 aliphatic heterocycles. The first kappa shape index (κ1) is 17.4. The molecule has 0 aliphatic rings. The minimum atomic E-state index is -0.0954. The number of benzene rings is 1. The van der Waals surface area contributed by atoms with E-state index in [1.807, 2.05) is 43.3 Å². The zero-order chi connectivity index (χ0) is 17.6. The number of nitrogens with one attached hydrogen (secondary N) is 2. The highest BCUT2D eigenvalue weighted by Gasteiger charge is 2.10. The van der Waals surface area contributed by atoms with Crippen LogP contribution in [0.15, 0.2) is 40.7 Å². The average molecular weight is 374 g/mol. The van der Waals surface area contributed by atoms with Gasteiger partial charge in [0.1, 0.15) is 5.82 Å². The summed E-state index contributed by atoms with van der Waals surface area (Å²) in [6, 6.07) is 11.9. The topological polar surface area (TPSA) is 84.7 Å². The number of aromatic nitrogens is 4. The molecule has 25 heavy (non-hydrogen) atoms. The summed E-state index contributed by atoms with van der Waals surface area (Å²) in [5.41, 5.74) is 2.04. The molecule has 0 fully saturated rings. The van der Waals surface area contributed by atoms with Crippen molar-refractivity contribution in [3.8, 4) is 0 Å². The van der Waals surface area contributed by atoms with Gasteiger partial charge in [-0.3, -0.25) is 9.48 Å². The number of carbonyl (C=O) groups excluding carboxylic acids is 1. The fraction of sp³-hybridized carbons (Fsp3) is 0.250.